The molecule has 0 spiro atoms. The van der Waals surface area contributed by atoms with Gasteiger partial charge in [-0.1, -0.05) is 13.0 Å². The summed E-state index contributed by atoms with van der Waals surface area (Å²) in [6, 6.07) is 12.8. The minimum atomic E-state index is -0.322. The van der Waals surface area contributed by atoms with Gasteiger partial charge in [-0.2, -0.15) is 9.83 Å². The van der Waals surface area contributed by atoms with Gasteiger partial charge in [0.1, 0.15) is 0 Å². The summed E-state index contributed by atoms with van der Waals surface area (Å²) in [5, 5.41) is 11.8. The Bertz CT molecular complexity index is 731. The lowest BCUT2D eigenvalue weighted by Gasteiger charge is -2.11. The Balaban J connectivity index is 2.20. The van der Waals surface area contributed by atoms with Gasteiger partial charge >= 0.3 is 0 Å². The Morgan fingerprint density at radius 2 is 2.14 bits per heavy atom. The van der Waals surface area contributed by atoms with Crippen LogP contribution in [0.3, 0.4) is 0 Å². The second-order valence-electron chi connectivity index (χ2n) is 5.30. The number of aryl methyl sites for hydroxylation is 2. The van der Waals surface area contributed by atoms with Gasteiger partial charge in [-0.3, -0.25) is 4.79 Å². The van der Waals surface area contributed by atoms with E-state index in [-0.39, 0.29) is 11.9 Å². The maximum Gasteiger partial charge on any atom is 0.293 e. The van der Waals surface area contributed by atoms with Crippen LogP contribution in [0.5, 0.6) is 0 Å². The molecule has 0 bridgehead atoms. The maximum absolute atomic E-state index is 12.4. The number of hydrogen-bond donors (Lipinski definition) is 1. The fraction of sp³-hybridized carbons (Fsp3) is 0.278. The highest BCUT2D eigenvalue weighted by molar-refractivity contribution is 5.92. The molecule has 1 aromatic heterocycles. The van der Waals surface area contributed by atoms with Crippen LogP contribution in [0.1, 0.15) is 36.7 Å². The van der Waals surface area contributed by atoms with Gasteiger partial charge in [-0.25, -0.2) is 0 Å². The van der Waals surface area contributed by atoms with Crippen molar-refractivity contribution in [2.24, 2.45) is 0 Å². The zero-order valence-electron chi connectivity index (χ0n) is 13.1. The summed E-state index contributed by atoms with van der Waals surface area (Å²) in [5.74, 6) is -0.101. The summed E-state index contributed by atoms with van der Waals surface area (Å²) in [6.45, 7) is 5.95. The molecule has 1 aromatic carbocycles. The molecule has 0 aliphatic rings. The molecule has 22 heavy (non-hydrogen) atoms. The average molecular weight is 294 g/mol. The molecule has 0 radical (unpaired) electrons. The van der Waals surface area contributed by atoms with Crippen LogP contribution in [-0.2, 0) is 11.2 Å². The first kappa shape index (κ1) is 15.7. The third-order valence-corrected chi connectivity index (χ3v) is 3.71. The molecule has 1 N–H and O–H groups in total. The fourth-order valence-electron chi connectivity index (χ4n) is 2.30. The summed E-state index contributed by atoms with van der Waals surface area (Å²) in [6.07, 6.45) is 2.95. The Kier molecular flexibility index (Phi) is 4.90. The van der Waals surface area contributed by atoms with Crippen molar-refractivity contribution in [3.05, 3.63) is 59.4 Å². The van der Waals surface area contributed by atoms with E-state index in [9.17, 15) is 4.79 Å². The van der Waals surface area contributed by atoms with Crippen LogP contribution in [0.15, 0.2) is 42.6 Å². The fourth-order valence-corrected chi connectivity index (χ4v) is 2.30. The van der Waals surface area contributed by atoms with E-state index in [1.807, 2.05) is 30.7 Å². The monoisotopic (exact) mass is 294 g/mol. The van der Waals surface area contributed by atoms with E-state index in [4.69, 9.17) is 5.26 Å². The predicted octanol–water partition coefficient (Wildman–Crippen LogP) is 2.92. The number of amides is 1. The quantitative estimate of drug-likeness (QED) is 0.881. The van der Waals surface area contributed by atoms with Crippen LogP contribution in [-0.4, -0.2) is 5.91 Å². The first-order valence-corrected chi connectivity index (χ1v) is 7.37. The van der Waals surface area contributed by atoms with E-state index in [0.717, 1.165) is 12.1 Å². The van der Waals surface area contributed by atoms with E-state index in [0.29, 0.717) is 11.3 Å². The van der Waals surface area contributed by atoms with Gasteiger partial charge in [-0.05, 0) is 30.7 Å². The summed E-state index contributed by atoms with van der Waals surface area (Å²) in [7, 11) is 0. The average Bonchev–Trinajstić information content (AvgIpc) is 2.54. The van der Waals surface area contributed by atoms with Gasteiger partial charge in [0.05, 0.1) is 11.6 Å². The highest BCUT2D eigenvalue weighted by Gasteiger charge is 2.24. The maximum atomic E-state index is 12.4. The Morgan fingerprint density at radius 3 is 2.82 bits per heavy atom. The number of benzene rings is 1. The van der Waals surface area contributed by atoms with Gasteiger partial charge < -0.3 is 5.32 Å². The number of nitrogens with zero attached hydrogens (tertiary/aromatic N) is 2. The molecule has 1 heterocycles. The van der Waals surface area contributed by atoms with Crippen molar-refractivity contribution >= 4 is 11.6 Å². The van der Waals surface area contributed by atoms with Crippen LogP contribution in [0.2, 0.25) is 0 Å². The molecule has 4 heteroatoms. The summed E-state index contributed by atoms with van der Waals surface area (Å²) >= 11 is 0. The van der Waals surface area contributed by atoms with Crippen molar-refractivity contribution in [1.29, 1.82) is 5.26 Å². The number of pyridine rings is 1. The van der Waals surface area contributed by atoms with Crippen molar-refractivity contribution in [2.45, 2.75) is 33.2 Å². The number of carbonyl (C=O) groups excluding carboxylic acids is 1. The molecule has 4 nitrogen and oxygen atoms in total. The van der Waals surface area contributed by atoms with E-state index < -0.39 is 0 Å². The highest BCUT2D eigenvalue weighted by Crippen LogP contribution is 2.12. The molecule has 0 aliphatic carbocycles. The second-order valence-corrected chi connectivity index (χ2v) is 5.30. The number of nitriles is 1. The number of carbonyl (C=O) groups is 1. The number of rotatable bonds is 4. The minimum Gasteiger partial charge on any atom is -0.320 e. The molecule has 0 aliphatic heterocycles. The van der Waals surface area contributed by atoms with Gasteiger partial charge in [-0.15, -0.1) is 0 Å². The lowest BCUT2D eigenvalue weighted by Crippen LogP contribution is -2.47. The van der Waals surface area contributed by atoms with Gasteiger partial charge in [0.15, 0.2) is 11.9 Å². The predicted molar refractivity (Wildman–Crippen MR) is 85.2 cm³/mol. The molecule has 1 atom stereocenters. The van der Waals surface area contributed by atoms with Gasteiger partial charge in [0.2, 0.25) is 6.04 Å². The smallest absolute Gasteiger partial charge is 0.293 e. The van der Waals surface area contributed by atoms with E-state index in [1.165, 1.54) is 5.56 Å². The number of hydrogen-bond acceptors (Lipinski definition) is 2. The van der Waals surface area contributed by atoms with Crippen molar-refractivity contribution in [3.63, 3.8) is 0 Å². The molecule has 112 valence electrons. The minimum absolute atomic E-state index is 0.101. The van der Waals surface area contributed by atoms with Gasteiger partial charge in [0, 0.05) is 31.2 Å². The normalized spacial score (nSPS) is 11.5. The zero-order valence-corrected chi connectivity index (χ0v) is 13.1. The van der Waals surface area contributed by atoms with Crippen molar-refractivity contribution in [1.82, 2.24) is 0 Å². The van der Waals surface area contributed by atoms with Crippen LogP contribution < -0.4 is 9.88 Å². The third kappa shape index (κ3) is 3.50. The lowest BCUT2D eigenvalue weighted by atomic mass is 10.1. The molecule has 2 rings (SSSR count). The SMILES string of the molecule is CCc1ccc(C)[n+]([C@H](C)C(=O)Nc2cccc(C#N)c2)c1. The molecule has 0 unspecified atom stereocenters. The molecule has 1 amide bonds. The van der Waals surface area contributed by atoms with Crippen LogP contribution >= 0.6 is 0 Å². The molecular weight excluding hydrogens is 274 g/mol. The Hall–Kier alpha value is -2.67. The first-order valence-electron chi connectivity index (χ1n) is 7.37. The Labute approximate surface area is 131 Å². The van der Waals surface area contributed by atoms with E-state index >= 15 is 0 Å². The summed E-state index contributed by atoms with van der Waals surface area (Å²) < 4.78 is 1.97. The first-order chi connectivity index (χ1) is 10.5. The summed E-state index contributed by atoms with van der Waals surface area (Å²) in [5.41, 5.74) is 3.39. The molecular formula is C18H20N3O+. The zero-order chi connectivity index (χ0) is 16.1. The van der Waals surface area contributed by atoms with Crippen LogP contribution in [0.25, 0.3) is 0 Å². The number of aromatic nitrogens is 1. The topological polar surface area (TPSA) is 56.8 Å². The molecule has 0 fully saturated rings. The number of anilines is 1. The largest absolute Gasteiger partial charge is 0.320 e. The van der Waals surface area contributed by atoms with Crippen LogP contribution in [0.4, 0.5) is 5.69 Å². The molecule has 0 saturated carbocycles. The highest BCUT2D eigenvalue weighted by atomic mass is 16.2. The molecule has 0 saturated heterocycles. The van der Waals surface area contributed by atoms with E-state index in [1.54, 1.807) is 24.3 Å². The second kappa shape index (κ2) is 6.86. The van der Waals surface area contributed by atoms with Crippen molar-refractivity contribution in [2.75, 3.05) is 5.32 Å². The summed E-state index contributed by atoms with van der Waals surface area (Å²) in [4.78, 5) is 12.4. The van der Waals surface area contributed by atoms with Crippen molar-refractivity contribution in [3.8, 4) is 6.07 Å². The van der Waals surface area contributed by atoms with E-state index in [2.05, 4.69) is 24.4 Å². The lowest BCUT2D eigenvalue weighted by molar-refractivity contribution is -0.711. The number of nitrogens with one attached hydrogen (secondary N) is 1. The Morgan fingerprint density at radius 1 is 1.36 bits per heavy atom. The molecule has 2 aromatic rings. The third-order valence-electron chi connectivity index (χ3n) is 3.71. The van der Waals surface area contributed by atoms with Gasteiger partial charge in [0.25, 0.3) is 5.91 Å². The van der Waals surface area contributed by atoms with Crippen molar-refractivity contribution < 1.29 is 9.36 Å². The standard InChI is InChI=1S/C18H19N3O/c1-4-15-9-8-13(2)21(12-15)14(3)18(22)20-17-7-5-6-16(10-17)11-19/h5-10,12,14H,4H2,1-3H3/p+1/t14-/m1/s1. The van der Waals surface area contributed by atoms with Crippen LogP contribution in [0, 0.1) is 18.3 Å².